The van der Waals surface area contributed by atoms with Crippen molar-refractivity contribution in [3.8, 4) is 0 Å². The van der Waals surface area contributed by atoms with Gasteiger partial charge in [0, 0.05) is 10.3 Å². The highest BCUT2D eigenvalue weighted by atomic mass is 32.1. The van der Waals surface area contributed by atoms with Crippen LogP contribution in [0.3, 0.4) is 0 Å². The molecule has 0 amide bonds. The lowest BCUT2D eigenvalue weighted by molar-refractivity contribution is 1.26. The molecule has 0 aliphatic rings. The summed E-state index contributed by atoms with van der Waals surface area (Å²) in [4.78, 5) is 5.66. The summed E-state index contributed by atoms with van der Waals surface area (Å²) in [7, 11) is 0. The van der Waals surface area contributed by atoms with Crippen molar-refractivity contribution in [2.75, 3.05) is 5.43 Å². The van der Waals surface area contributed by atoms with Gasteiger partial charge in [0.2, 0.25) is 0 Å². The monoisotopic (exact) mass is 267 g/mol. The van der Waals surface area contributed by atoms with Crippen LogP contribution >= 0.6 is 11.3 Å². The maximum atomic E-state index is 4.50. The number of rotatable bonds is 3. The molecule has 0 radical (unpaired) electrons. The summed E-state index contributed by atoms with van der Waals surface area (Å²) in [5, 5.41) is 7.42. The molecule has 0 saturated carbocycles. The molecule has 0 atom stereocenters. The first kappa shape index (κ1) is 11.9. The van der Waals surface area contributed by atoms with Gasteiger partial charge in [-0.15, -0.1) is 11.3 Å². The van der Waals surface area contributed by atoms with Crippen molar-refractivity contribution in [3.05, 3.63) is 58.3 Å². The maximum Gasteiger partial charge on any atom is 0.146 e. The number of nitrogens with zero attached hydrogens (tertiary/aromatic N) is 2. The molecule has 19 heavy (non-hydrogen) atoms. The highest BCUT2D eigenvalue weighted by Crippen LogP contribution is 2.15. The number of anilines is 1. The first-order valence-corrected chi connectivity index (χ1v) is 6.90. The van der Waals surface area contributed by atoms with E-state index in [4.69, 9.17) is 0 Å². The zero-order chi connectivity index (χ0) is 13.1. The van der Waals surface area contributed by atoms with Crippen LogP contribution in [0.4, 0.5) is 5.82 Å². The molecule has 1 N–H and O–H groups in total. The summed E-state index contributed by atoms with van der Waals surface area (Å²) in [6, 6.07) is 14.1. The Kier molecular flexibility index (Phi) is 3.25. The van der Waals surface area contributed by atoms with Gasteiger partial charge in [-0.2, -0.15) is 5.10 Å². The zero-order valence-electron chi connectivity index (χ0n) is 10.5. The number of hydrogen-bond donors (Lipinski definition) is 1. The van der Waals surface area contributed by atoms with Crippen molar-refractivity contribution in [1.82, 2.24) is 4.98 Å². The van der Waals surface area contributed by atoms with Crippen molar-refractivity contribution in [2.45, 2.75) is 6.92 Å². The molecular formula is C15H13N3S. The van der Waals surface area contributed by atoms with Crippen LogP contribution in [0, 0.1) is 6.92 Å². The van der Waals surface area contributed by atoms with E-state index in [1.165, 1.54) is 5.56 Å². The van der Waals surface area contributed by atoms with Crippen molar-refractivity contribution in [3.63, 3.8) is 0 Å². The number of nitrogens with one attached hydrogen (secondary N) is 1. The molecule has 1 aromatic carbocycles. The first-order chi connectivity index (χ1) is 9.33. The second-order valence-corrected chi connectivity index (χ2v) is 5.17. The fraction of sp³-hybridized carbons (Fsp3) is 0.0667. The summed E-state index contributed by atoms with van der Waals surface area (Å²) in [6.45, 7) is 2.08. The van der Waals surface area contributed by atoms with Crippen molar-refractivity contribution >= 4 is 34.3 Å². The van der Waals surface area contributed by atoms with Gasteiger partial charge in [0.15, 0.2) is 0 Å². The topological polar surface area (TPSA) is 37.3 Å². The number of benzene rings is 1. The quantitative estimate of drug-likeness (QED) is 0.574. The van der Waals surface area contributed by atoms with E-state index in [1.807, 2.05) is 42.6 Å². The predicted octanol–water partition coefficient (Wildman–Crippen LogP) is 4.05. The highest BCUT2D eigenvalue weighted by Gasteiger charge is 1.97. The molecule has 0 saturated heterocycles. The lowest BCUT2D eigenvalue weighted by Crippen LogP contribution is -1.93. The first-order valence-electron chi connectivity index (χ1n) is 6.02. The van der Waals surface area contributed by atoms with E-state index in [0.29, 0.717) is 0 Å². The Balaban J connectivity index is 1.78. The smallest absolute Gasteiger partial charge is 0.146 e. The van der Waals surface area contributed by atoms with Gasteiger partial charge < -0.3 is 0 Å². The fourth-order valence-electron chi connectivity index (χ4n) is 1.80. The van der Waals surface area contributed by atoms with E-state index in [-0.39, 0.29) is 0 Å². The number of hydrazone groups is 1. The molecule has 94 valence electrons. The van der Waals surface area contributed by atoms with Crippen LogP contribution in [-0.2, 0) is 0 Å². The molecule has 0 bridgehead atoms. The third kappa shape index (κ3) is 2.63. The summed E-state index contributed by atoms with van der Waals surface area (Å²) in [5.74, 6) is 0.754. The van der Waals surface area contributed by atoms with Crippen LogP contribution in [0.25, 0.3) is 10.9 Å². The Morgan fingerprint density at radius 2 is 2.05 bits per heavy atom. The van der Waals surface area contributed by atoms with Crippen LogP contribution in [0.2, 0.25) is 0 Å². The molecule has 4 heteroatoms. The Hall–Kier alpha value is -2.20. The number of hydrogen-bond acceptors (Lipinski definition) is 4. The van der Waals surface area contributed by atoms with Crippen molar-refractivity contribution in [1.29, 1.82) is 0 Å². The van der Waals surface area contributed by atoms with Crippen molar-refractivity contribution < 1.29 is 0 Å². The molecule has 2 aromatic heterocycles. The van der Waals surface area contributed by atoms with E-state index < -0.39 is 0 Å². The molecule has 3 rings (SSSR count). The van der Waals surface area contributed by atoms with E-state index in [1.54, 1.807) is 11.3 Å². The summed E-state index contributed by atoms with van der Waals surface area (Å²) in [6.07, 6.45) is 1.83. The van der Waals surface area contributed by atoms with E-state index in [9.17, 15) is 0 Å². The maximum absolute atomic E-state index is 4.50. The summed E-state index contributed by atoms with van der Waals surface area (Å²) >= 11 is 1.68. The largest absolute Gasteiger partial charge is 0.261 e. The van der Waals surface area contributed by atoms with E-state index in [0.717, 1.165) is 21.6 Å². The van der Waals surface area contributed by atoms with Gasteiger partial charge in [-0.3, -0.25) is 5.43 Å². The van der Waals surface area contributed by atoms with Crippen LogP contribution in [0.1, 0.15) is 10.4 Å². The Labute approximate surface area is 115 Å². The number of para-hydroxylation sites is 1. The summed E-state index contributed by atoms with van der Waals surface area (Å²) < 4.78 is 0. The number of fused-ring (bicyclic) bond motifs is 1. The third-order valence-corrected chi connectivity index (χ3v) is 3.81. The second kappa shape index (κ2) is 5.20. The van der Waals surface area contributed by atoms with E-state index >= 15 is 0 Å². The average molecular weight is 267 g/mol. The van der Waals surface area contributed by atoms with E-state index in [2.05, 4.69) is 33.9 Å². The highest BCUT2D eigenvalue weighted by molar-refractivity contribution is 7.11. The number of aromatic nitrogens is 1. The van der Waals surface area contributed by atoms with Crippen LogP contribution in [-0.4, -0.2) is 11.2 Å². The zero-order valence-corrected chi connectivity index (χ0v) is 11.3. The molecule has 3 nitrogen and oxygen atoms in total. The number of pyridine rings is 1. The SMILES string of the molecule is Cc1ccsc1/C=N/Nc1ccc2ccccc2n1. The second-order valence-electron chi connectivity index (χ2n) is 4.23. The van der Waals surface area contributed by atoms with Crippen LogP contribution in [0.5, 0.6) is 0 Å². The average Bonchev–Trinajstić information content (AvgIpc) is 2.84. The van der Waals surface area contributed by atoms with Gasteiger partial charge in [-0.25, -0.2) is 4.98 Å². The Morgan fingerprint density at radius 1 is 1.16 bits per heavy atom. The normalized spacial score (nSPS) is 11.2. The molecule has 0 unspecified atom stereocenters. The standard InChI is InChI=1S/C15H13N3S/c1-11-8-9-19-14(11)10-16-18-15-7-6-12-4-2-3-5-13(12)17-15/h2-10H,1H3,(H,17,18)/b16-10+. The minimum Gasteiger partial charge on any atom is -0.261 e. The molecule has 2 heterocycles. The van der Waals surface area contributed by atoms with Gasteiger partial charge in [0.25, 0.3) is 0 Å². The Bertz CT molecular complexity index is 731. The molecule has 3 aromatic rings. The number of thiophene rings is 1. The minimum absolute atomic E-state index is 0.754. The lowest BCUT2D eigenvalue weighted by atomic mass is 10.2. The molecule has 0 spiro atoms. The number of aryl methyl sites for hydroxylation is 1. The third-order valence-electron chi connectivity index (χ3n) is 2.86. The minimum atomic E-state index is 0.754. The van der Waals surface area contributed by atoms with Crippen LogP contribution < -0.4 is 5.43 Å². The van der Waals surface area contributed by atoms with Gasteiger partial charge >= 0.3 is 0 Å². The van der Waals surface area contributed by atoms with Gasteiger partial charge in [-0.1, -0.05) is 18.2 Å². The lowest BCUT2D eigenvalue weighted by Gasteiger charge is -2.01. The summed E-state index contributed by atoms with van der Waals surface area (Å²) in [5.41, 5.74) is 5.17. The van der Waals surface area contributed by atoms with Gasteiger partial charge in [0.1, 0.15) is 5.82 Å². The molecular weight excluding hydrogens is 254 g/mol. The Morgan fingerprint density at radius 3 is 2.89 bits per heavy atom. The van der Waals surface area contributed by atoms with Gasteiger partial charge in [0.05, 0.1) is 11.7 Å². The van der Waals surface area contributed by atoms with Crippen LogP contribution in [0.15, 0.2) is 52.9 Å². The molecule has 0 fully saturated rings. The molecule has 0 aliphatic carbocycles. The fourth-order valence-corrected chi connectivity index (χ4v) is 2.59. The van der Waals surface area contributed by atoms with Crippen molar-refractivity contribution in [2.24, 2.45) is 5.10 Å². The van der Waals surface area contributed by atoms with Gasteiger partial charge in [-0.05, 0) is 42.1 Å². The molecule has 0 aliphatic heterocycles. The predicted molar refractivity (Wildman–Crippen MR) is 82.0 cm³/mol.